The molecule has 0 spiro atoms. The topological polar surface area (TPSA) is 235 Å². The van der Waals surface area contributed by atoms with Gasteiger partial charge in [0.1, 0.15) is 36.3 Å². The summed E-state index contributed by atoms with van der Waals surface area (Å²) in [4.78, 5) is 96.2. The van der Waals surface area contributed by atoms with E-state index in [4.69, 9.17) is 0 Å². The summed E-state index contributed by atoms with van der Waals surface area (Å²) in [6.07, 6.45) is 4.26. The number of benzene rings is 2. The molecule has 0 aromatic heterocycles. The number of aliphatic hydroxyl groups excluding tert-OH is 1. The third kappa shape index (κ3) is 15.8. The second kappa shape index (κ2) is 25.4. The lowest BCUT2D eigenvalue weighted by atomic mass is 9.99. The van der Waals surface area contributed by atoms with Gasteiger partial charge in [-0.2, -0.15) is 11.8 Å². The first-order chi connectivity index (χ1) is 28.3. The molecule has 8 N–H and O–H groups in total. The van der Waals surface area contributed by atoms with E-state index in [1.165, 1.54) is 23.7 Å². The first-order valence-corrected chi connectivity index (χ1v) is 21.6. The van der Waals surface area contributed by atoms with Crippen molar-refractivity contribution in [2.24, 2.45) is 5.92 Å². The van der Waals surface area contributed by atoms with Crippen LogP contribution in [0.5, 0.6) is 0 Å². The number of thioether (sulfide) groups is 1. The standard InChI is InChI=1S/C42H61N7O9S/c1-5-27(2)35(41(56)57)48-42(58)47-30-18-12-13-24-43-36(51)33(26-50)46-39(54)34(22-20-29-16-10-7-11-17-29)49(3)40(55)32(21-19-28-14-8-6-9-15-28)45-38(53)31(23-25-59-4)44-37(30)52/h6-11,14-17,27,30-35,50H,5,12-13,18-26H2,1-4H3,(H,43,51)(H,44,52)(H,45,53)(H,46,54)(H,56,57)(H2,47,48,58)/t27-,30-,31-,32+,33-,34-,35-/m1/s1. The van der Waals surface area contributed by atoms with Crippen LogP contribution in [0.2, 0.25) is 0 Å². The maximum Gasteiger partial charge on any atom is 0.326 e. The average molecular weight is 840 g/mol. The number of hydrogen-bond donors (Lipinski definition) is 8. The molecule has 0 unspecified atom stereocenters. The fourth-order valence-electron chi connectivity index (χ4n) is 6.67. The molecule has 324 valence electrons. The van der Waals surface area contributed by atoms with Gasteiger partial charge in [0.15, 0.2) is 0 Å². The summed E-state index contributed by atoms with van der Waals surface area (Å²) < 4.78 is 0. The van der Waals surface area contributed by atoms with E-state index < -0.39 is 90.3 Å². The Kier molecular flexibility index (Phi) is 20.7. The second-order valence-electron chi connectivity index (χ2n) is 14.8. The van der Waals surface area contributed by atoms with Gasteiger partial charge in [-0.25, -0.2) is 9.59 Å². The molecule has 2 aromatic rings. The third-order valence-electron chi connectivity index (χ3n) is 10.5. The zero-order valence-corrected chi connectivity index (χ0v) is 35.2. The number of carbonyl (C=O) groups is 7. The van der Waals surface area contributed by atoms with Gasteiger partial charge in [0, 0.05) is 13.6 Å². The molecule has 1 heterocycles. The lowest BCUT2D eigenvalue weighted by molar-refractivity contribution is -0.143. The Balaban J connectivity index is 2.01. The number of aliphatic carboxylic acids is 1. The van der Waals surface area contributed by atoms with Gasteiger partial charge in [-0.15, -0.1) is 0 Å². The molecule has 7 atom stereocenters. The largest absolute Gasteiger partial charge is 0.480 e. The summed E-state index contributed by atoms with van der Waals surface area (Å²) in [5.41, 5.74) is 1.82. The van der Waals surface area contributed by atoms with Crippen LogP contribution >= 0.6 is 11.8 Å². The van der Waals surface area contributed by atoms with E-state index in [0.717, 1.165) is 11.1 Å². The Hall–Kier alpha value is -5.16. The molecule has 1 fully saturated rings. The Labute approximate surface area is 350 Å². The van der Waals surface area contributed by atoms with Crippen LogP contribution in [0, 0.1) is 5.92 Å². The monoisotopic (exact) mass is 839 g/mol. The van der Waals surface area contributed by atoms with Crippen LogP contribution in [-0.4, -0.2) is 125 Å². The molecule has 7 amide bonds. The summed E-state index contributed by atoms with van der Waals surface area (Å²) in [5.74, 6) is -4.41. The van der Waals surface area contributed by atoms with E-state index in [0.29, 0.717) is 37.9 Å². The summed E-state index contributed by atoms with van der Waals surface area (Å²) in [5, 5.41) is 35.9. The van der Waals surface area contributed by atoms with Crippen molar-refractivity contribution < 1.29 is 43.8 Å². The number of likely N-dealkylation sites (N-methyl/N-ethyl adjacent to an activating group) is 1. The highest BCUT2D eigenvalue weighted by Crippen LogP contribution is 2.16. The Morgan fingerprint density at radius 3 is 1.98 bits per heavy atom. The van der Waals surface area contributed by atoms with Crippen LogP contribution in [0.1, 0.15) is 69.9 Å². The predicted molar refractivity (Wildman–Crippen MR) is 225 cm³/mol. The average Bonchev–Trinajstić information content (AvgIpc) is 3.23. The quantitative estimate of drug-likeness (QED) is 0.129. The number of nitrogens with zero attached hydrogens (tertiary/aromatic N) is 1. The highest BCUT2D eigenvalue weighted by Gasteiger charge is 2.36. The van der Waals surface area contributed by atoms with Crippen LogP contribution in [0.3, 0.4) is 0 Å². The molecule has 3 rings (SSSR count). The molecule has 0 saturated carbocycles. The summed E-state index contributed by atoms with van der Waals surface area (Å²) in [6.45, 7) is 2.85. The number of rotatable bonds is 15. The van der Waals surface area contributed by atoms with Crippen LogP contribution in [0.15, 0.2) is 60.7 Å². The number of carbonyl (C=O) groups excluding carboxylic acids is 6. The van der Waals surface area contributed by atoms with Crippen molar-refractivity contribution in [1.82, 2.24) is 36.8 Å². The van der Waals surface area contributed by atoms with E-state index in [9.17, 15) is 43.8 Å². The molecule has 1 aliphatic rings. The van der Waals surface area contributed by atoms with Crippen LogP contribution in [0.25, 0.3) is 0 Å². The summed E-state index contributed by atoms with van der Waals surface area (Å²) >= 11 is 1.45. The van der Waals surface area contributed by atoms with Gasteiger partial charge < -0.3 is 47.0 Å². The lowest BCUT2D eigenvalue weighted by Crippen LogP contribution is -2.60. The second-order valence-corrected chi connectivity index (χ2v) is 15.8. The zero-order chi connectivity index (χ0) is 43.3. The molecule has 59 heavy (non-hydrogen) atoms. The highest BCUT2D eigenvalue weighted by molar-refractivity contribution is 7.98. The number of nitrogens with one attached hydrogen (secondary N) is 6. The van der Waals surface area contributed by atoms with Gasteiger partial charge in [-0.1, -0.05) is 80.9 Å². The first kappa shape index (κ1) is 48.2. The third-order valence-corrected chi connectivity index (χ3v) is 11.2. The van der Waals surface area contributed by atoms with E-state index >= 15 is 0 Å². The van der Waals surface area contributed by atoms with Crippen molar-refractivity contribution in [2.75, 3.05) is 32.2 Å². The van der Waals surface area contributed by atoms with Crippen molar-refractivity contribution in [3.05, 3.63) is 71.8 Å². The molecular formula is C42H61N7O9S. The number of hydrogen-bond acceptors (Lipinski definition) is 9. The van der Waals surface area contributed by atoms with Gasteiger partial charge in [-0.3, -0.25) is 24.0 Å². The minimum absolute atomic E-state index is 0.0549. The summed E-state index contributed by atoms with van der Waals surface area (Å²) in [7, 11) is 1.46. The van der Waals surface area contributed by atoms with Crippen molar-refractivity contribution >= 4 is 53.3 Å². The molecule has 0 radical (unpaired) electrons. The SMILES string of the molecule is CC[C@@H](C)[C@@H](NC(=O)N[C@@H]1CCCCNC(=O)[C@@H](CO)NC(=O)[C@@H](CCc2ccccc2)N(C)C(=O)[C@H](CCc2ccccc2)NC(=O)[C@@H](CCSC)NC1=O)C(=O)O. The fraction of sp³-hybridized carbons (Fsp3) is 0.548. The molecule has 1 aliphatic heterocycles. The smallest absolute Gasteiger partial charge is 0.326 e. The Morgan fingerprint density at radius 2 is 1.41 bits per heavy atom. The number of carboxylic acids is 1. The molecule has 0 aliphatic carbocycles. The predicted octanol–water partition coefficient (Wildman–Crippen LogP) is 1.75. The number of carboxylic acid groups (broad SMARTS) is 1. The number of urea groups is 1. The van der Waals surface area contributed by atoms with Gasteiger partial charge in [0.25, 0.3) is 0 Å². The van der Waals surface area contributed by atoms with E-state index in [1.807, 2.05) is 66.9 Å². The first-order valence-electron chi connectivity index (χ1n) is 20.2. The molecule has 0 bridgehead atoms. The fourth-order valence-corrected chi connectivity index (χ4v) is 7.15. The van der Waals surface area contributed by atoms with Crippen molar-refractivity contribution in [3.63, 3.8) is 0 Å². The van der Waals surface area contributed by atoms with Gasteiger partial charge in [-0.05, 0) is 80.4 Å². The molecular weight excluding hydrogens is 779 g/mol. The maximum absolute atomic E-state index is 14.5. The van der Waals surface area contributed by atoms with Crippen molar-refractivity contribution in [2.45, 2.75) is 108 Å². The number of aryl methyl sites for hydroxylation is 2. The lowest BCUT2D eigenvalue weighted by Gasteiger charge is -2.32. The van der Waals surface area contributed by atoms with Crippen LogP contribution < -0.4 is 31.9 Å². The van der Waals surface area contributed by atoms with Crippen LogP contribution in [-0.2, 0) is 41.6 Å². The van der Waals surface area contributed by atoms with Gasteiger partial charge in [0.05, 0.1) is 6.61 Å². The minimum Gasteiger partial charge on any atom is -0.480 e. The Bertz CT molecular complexity index is 1690. The van der Waals surface area contributed by atoms with Crippen molar-refractivity contribution in [1.29, 1.82) is 0 Å². The summed E-state index contributed by atoms with van der Waals surface area (Å²) in [6, 6.07) is 10.7. The maximum atomic E-state index is 14.5. The van der Waals surface area contributed by atoms with Crippen LogP contribution in [0.4, 0.5) is 4.79 Å². The molecule has 16 nitrogen and oxygen atoms in total. The van der Waals surface area contributed by atoms with Gasteiger partial charge in [0.2, 0.25) is 29.5 Å². The zero-order valence-electron chi connectivity index (χ0n) is 34.4. The van der Waals surface area contributed by atoms with E-state index in [-0.39, 0.29) is 32.2 Å². The van der Waals surface area contributed by atoms with Gasteiger partial charge >= 0.3 is 12.0 Å². The van der Waals surface area contributed by atoms with E-state index in [2.05, 4.69) is 31.9 Å². The highest BCUT2D eigenvalue weighted by atomic mass is 32.2. The molecule has 2 aromatic carbocycles. The molecule has 1 saturated heterocycles. The van der Waals surface area contributed by atoms with Crippen molar-refractivity contribution in [3.8, 4) is 0 Å². The normalized spacial score (nSPS) is 22.6. The minimum atomic E-state index is -1.34. The number of aliphatic hydroxyl groups is 1. The number of amides is 7. The molecule has 17 heteroatoms. The Morgan fingerprint density at radius 1 is 0.814 bits per heavy atom. The van der Waals surface area contributed by atoms with E-state index in [1.54, 1.807) is 13.8 Å².